The fourth-order valence-corrected chi connectivity index (χ4v) is 1.54. The predicted octanol–water partition coefficient (Wildman–Crippen LogP) is 0.471. The summed E-state index contributed by atoms with van der Waals surface area (Å²) in [7, 11) is 1.56. The van der Waals surface area contributed by atoms with Gasteiger partial charge >= 0.3 is 0 Å². The maximum Gasteiger partial charge on any atom is 0.251 e. The van der Waals surface area contributed by atoms with Crippen LogP contribution in [0.1, 0.15) is 12.8 Å². The highest BCUT2D eigenvalue weighted by Gasteiger charge is 2.17. The lowest BCUT2D eigenvalue weighted by Crippen LogP contribution is -2.34. The van der Waals surface area contributed by atoms with Gasteiger partial charge < -0.3 is 14.5 Å². The zero-order valence-corrected chi connectivity index (χ0v) is 10.6. The Morgan fingerprint density at radius 2 is 2.16 bits per heavy atom. The number of aliphatic hydroxyl groups excluding tert-OH is 1. The molecule has 1 amide bonds. The third-order valence-electron chi connectivity index (χ3n) is 2.51. The molecule has 7 heteroatoms. The molecule has 0 unspecified atom stereocenters. The van der Waals surface area contributed by atoms with Crippen LogP contribution < -0.4 is 0 Å². The van der Waals surface area contributed by atoms with Gasteiger partial charge in [0, 0.05) is 25.0 Å². The molecule has 0 aliphatic carbocycles. The molecule has 2 aromatic rings. The lowest BCUT2D eigenvalue weighted by atomic mass is 10.2. The number of aromatic nitrogens is 3. The van der Waals surface area contributed by atoms with Crippen LogP contribution in [-0.4, -0.2) is 44.2 Å². The Morgan fingerprint density at radius 3 is 2.79 bits per heavy atom. The molecule has 0 aromatic carbocycles. The smallest absolute Gasteiger partial charge is 0.251 e. The number of aliphatic hydroxyl groups is 1. The molecule has 0 saturated heterocycles. The minimum Gasteiger partial charge on any atom is -0.384 e. The van der Waals surface area contributed by atoms with Crippen molar-refractivity contribution in [3.05, 3.63) is 30.4 Å². The Labute approximate surface area is 109 Å². The van der Waals surface area contributed by atoms with Gasteiger partial charge in [-0.25, -0.2) is 0 Å². The van der Waals surface area contributed by atoms with Crippen molar-refractivity contribution in [3.63, 3.8) is 0 Å². The summed E-state index contributed by atoms with van der Waals surface area (Å²) < 4.78 is 5.06. The van der Waals surface area contributed by atoms with Gasteiger partial charge in [-0.2, -0.15) is 4.98 Å². The first kappa shape index (κ1) is 13.2. The van der Waals surface area contributed by atoms with Gasteiger partial charge in [-0.3, -0.25) is 9.78 Å². The first-order valence-corrected chi connectivity index (χ1v) is 5.74. The molecule has 0 aliphatic heterocycles. The van der Waals surface area contributed by atoms with Crippen molar-refractivity contribution in [2.45, 2.75) is 19.6 Å². The summed E-state index contributed by atoms with van der Waals surface area (Å²) in [5.41, 5.74) is 0.787. The van der Waals surface area contributed by atoms with E-state index in [1.165, 1.54) is 11.8 Å². The first-order valence-electron chi connectivity index (χ1n) is 5.74. The van der Waals surface area contributed by atoms with Crippen LogP contribution in [0.3, 0.4) is 0 Å². The van der Waals surface area contributed by atoms with Crippen molar-refractivity contribution in [3.8, 4) is 11.4 Å². The minimum atomic E-state index is -1.05. The highest BCUT2D eigenvalue weighted by atomic mass is 16.5. The molecule has 0 saturated carbocycles. The molecule has 2 rings (SSSR count). The maximum atomic E-state index is 11.5. The van der Waals surface area contributed by atoms with Crippen LogP contribution in [0.25, 0.3) is 11.4 Å². The van der Waals surface area contributed by atoms with E-state index in [1.54, 1.807) is 31.6 Å². The van der Waals surface area contributed by atoms with E-state index in [0.29, 0.717) is 11.7 Å². The number of hydrogen-bond acceptors (Lipinski definition) is 6. The van der Waals surface area contributed by atoms with Gasteiger partial charge in [-0.15, -0.1) is 0 Å². The predicted molar refractivity (Wildman–Crippen MR) is 65.7 cm³/mol. The Kier molecular flexibility index (Phi) is 3.86. The molecular formula is C12H14N4O3. The van der Waals surface area contributed by atoms with Gasteiger partial charge in [-0.1, -0.05) is 5.16 Å². The minimum absolute atomic E-state index is 0.155. The SMILES string of the molecule is C[C@@H](O)C(=O)N(C)Cc1nc(-c2ccncc2)no1. The molecule has 0 bridgehead atoms. The number of nitrogens with zero attached hydrogens (tertiary/aromatic N) is 4. The number of pyridine rings is 1. The number of carbonyl (C=O) groups excluding carboxylic acids is 1. The van der Waals surface area contributed by atoms with Gasteiger partial charge in [-0.05, 0) is 19.1 Å². The van der Waals surface area contributed by atoms with Crippen molar-refractivity contribution >= 4 is 5.91 Å². The fraction of sp³-hybridized carbons (Fsp3) is 0.333. The zero-order chi connectivity index (χ0) is 13.8. The lowest BCUT2D eigenvalue weighted by molar-refractivity contribution is -0.138. The van der Waals surface area contributed by atoms with E-state index in [0.717, 1.165) is 5.56 Å². The highest BCUT2D eigenvalue weighted by Crippen LogP contribution is 2.14. The zero-order valence-electron chi connectivity index (χ0n) is 10.6. The van der Waals surface area contributed by atoms with Crippen LogP contribution in [0.4, 0.5) is 0 Å². The molecule has 0 spiro atoms. The standard InChI is InChI=1S/C12H14N4O3/c1-8(17)12(18)16(2)7-10-14-11(15-19-10)9-3-5-13-6-4-9/h3-6,8,17H,7H2,1-2H3/t8-/m1/s1. The topological polar surface area (TPSA) is 92.3 Å². The Bertz CT molecular complexity index is 553. The van der Waals surface area contributed by atoms with Gasteiger partial charge in [0.05, 0.1) is 6.54 Å². The molecule has 0 fully saturated rings. The molecule has 2 heterocycles. The van der Waals surface area contributed by atoms with Gasteiger partial charge in [0.15, 0.2) is 0 Å². The number of hydrogen-bond donors (Lipinski definition) is 1. The summed E-state index contributed by atoms with van der Waals surface area (Å²) in [5.74, 6) is 0.349. The van der Waals surface area contributed by atoms with E-state index in [4.69, 9.17) is 4.52 Å². The summed E-state index contributed by atoms with van der Waals surface area (Å²) >= 11 is 0. The van der Waals surface area contributed by atoms with Crippen LogP contribution in [0, 0.1) is 0 Å². The Balaban J connectivity index is 2.08. The van der Waals surface area contributed by atoms with Crippen LogP contribution in [-0.2, 0) is 11.3 Å². The fourth-order valence-electron chi connectivity index (χ4n) is 1.54. The molecule has 19 heavy (non-hydrogen) atoms. The van der Waals surface area contributed by atoms with Crippen LogP contribution in [0.2, 0.25) is 0 Å². The van der Waals surface area contributed by atoms with Crippen molar-refractivity contribution in [2.75, 3.05) is 7.05 Å². The molecule has 0 radical (unpaired) electrons. The van der Waals surface area contributed by atoms with Crippen LogP contribution in [0.5, 0.6) is 0 Å². The van der Waals surface area contributed by atoms with E-state index in [-0.39, 0.29) is 6.54 Å². The van der Waals surface area contributed by atoms with Crippen LogP contribution in [0.15, 0.2) is 29.0 Å². The Hall–Kier alpha value is -2.28. The third-order valence-corrected chi connectivity index (χ3v) is 2.51. The van der Waals surface area contributed by atoms with E-state index in [9.17, 15) is 9.90 Å². The Morgan fingerprint density at radius 1 is 1.47 bits per heavy atom. The van der Waals surface area contributed by atoms with Crippen molar-refractivity contribution in [1.82, 2.24) is 20.0 Å². The average molecular weight is 262 g/mol. The summed E-state index contributed by atoms with van der Waals surface area (Å²) in [6.07, 6.45) is 2.22. The van der Waals surface area contributed by atoms with Crippen LogP contribution >= 0.6 is 0 Å². The summed E-state index contributed by atoms with van der Waals surface area (Å²) in [6, 6.07) is 3.53. The maximum absolute atomic E-state index is 11.5. The van der Waals surface area contributed by atoms with Gasteiger partial charge in [0.25, 0.3) is 5.91 Å². The van der Waals surface area contributed by atoms with E-state index in [2.05, 4.69) is 15.1 Å². The number of carbonyl (C=O) groups is 1. The first-order chi connectivity index (χ1) is 9.08. The molecular weight excluding hydrogens is 248 g/mol. The van der Waals surface area contributed by atoms with Gasteiger partial charge in [0.1, 0.15) is 6.10 Å². The average Bonchev–Trinajstić information content (AvgIpc) is 2.87. The second-order valence-corrected chi connectivity index (χ2v) is 4.12. The van der Waals surface area contributed by atoms with Crippen molar-refractivity contribution < 1.29 is 14.4 Å². The third kappa shape index (κ3) is 3.14. The molecule has 7 nitrogen and oxygen atoms in total. The molecule has 0 aliphatic rings. The number of amides is 1. The molecule has 100 valence electrons. The second-order valence-electron chi connectivity index (χ2n) is 4.12. The lowest BCUT2D eigenvalue weighted by Gasteiger charge is -2.15. The van der Waals surface area contributed by atoms with Crippen molar-refractivity contribution in [1.29, 1.82) is 0 Å². The largest absolute Gasteiger partial charge is 0.384 e. The number of rotatable bonds is 4. The molecule has 1 atom stereocenters. The van der Waals surface area contributed by atoms with E-state index in [1.807, 2.05) is 0 Å². The molecule has 2 aromatic heterocycles. The van der Waals surface area contributed by atoms with Gasteiger partial charge in [0.2, 0.25) is 11.7 Å². The second kappa shape index (κ2) is 5.57. The quantitative estimate of drug-likeness (QED) is 0.861. The van der Waals surface area contributed by atoms with E-state index >= 15 is 0 Å². The monoisotopic (exact) mass is 262 g/mol. The number of likely N-dealkylation sites (N-methyl/N-ethyl adjacent to an activating group) is 1. The summed E-state index contributed by atoms with van der Waals surface area (Å²) in [4.78, 5) is 20.9. The summed E-state index contributed by atoms with van der Waals surface area (Å²) in [5, 5.41) is 13.0. The van der Waals surface area contributed by atoms with E-state index < -0.39 is 12.0 Å². The van der Waals surface area contributed by atoms with Crippen molar-refractivity contribution in [2.24, 2.45) is 0 Å². The highest BCUT2D eigenvalue weighted by molar-refractivity contribution is 5.79. The normalized spacial score (nSPS) is 12.2. The molecule has 1 N–H and O–H groups in total. The summed E-state index contributed by atoms with van der Waals surface area (Å²) in [6.45, 7) is 1.57.